The monoisotopic (exact) mass is 248 g/mol. The molecule has 2 N–H and O–H groups in total. The zero-order valence-electron chi connectivity index (χ0n) is 10.0. The predicted molar refractivity (Wildman–Crippen MR) is 66.3 cm³/mol. The van der Waals surface area contributed by atoms with E-state index < -0.39 is 12.1 Å². The topological polar surface area (TPSA) is 69.6 Å². The predicted octanol–water partition coefficient (Wildman–Crippen LogP) is 1.10. The summed E-state index contributed by atoms with van der Waals surface area (Å²) in [5.74, 6) is -0.197. The number of aryl methyl sites for hydroxylation is 1. The highest BCUT2D eigenvalue weighted by atomic mass is 16.4. The van der Waals surface area contributed by atoms with Gasteiger partial charge in [-0.25, -0.2) is 4.79 Å². The van der Waals surface area contributed by atoms with E-state index in [1.807, 2.05) is 30.3 Å². The third-order valence-corrected chi connectivity index (χ3v) is 3.10. The maximum Gasteiger partial charge on any atom is 0.408 e. The molecule has 0 bridgehead atoms. The second-order valence-corrected chi connectivity index (χ2v) is 4.33. The zero-order chi connectivity index (χ0) is 13.0. The lowest BCUT2D eigenvalue weighted by Gasteiger charge is -2.34. The fourth-order valence-corrected chi connectivity index (χ4v) is 2.01. The molecule has 1 heterocycles. The zero-order valence-corrected chi connectivity index (χ0v) is 10.0. The van der Waals surface area contributed by atoms with Crippen LogP contribution in [0, 0.1) is 0 Å². The largest absolute Gasteiger partial charge is 0.465 e. The van der Waals surface area contributed by atoms with Crippen molar-refractivity contribution in [3.8, 4) is 0 Å². The standard InChI is InChI=1S/C13H16N2O3/c16-12-11(9-14-12)15(13(17)18)8-4-7-10-5-2-1-3-6-10/h1-3,5-6,11H,4,7-9H2,(H,14,16)(H,17,18). The summed E-state index contributed by atoms with van der Waals surface area (Å²) in [6.45, 7) is 0.818. The van der Waals surface area contributed by atoms with Crippen LogP contribution in [0.2, 0.25) is 0 Å². The van der Waals surface area contributed by atoms with Crippen molar-refractivity contribution in [1.29, 1.82) is 0 Å². The van der Waals surface area contributed by atoms with Crippen LogP contribution in [0.25, 0.3) is 0 Å². The summed E-state index contributed by atoms with van der Waals surface area (Å²) in [5, 5.41) is 11.6. The van der Waals surface area contributed by atoms with E-state index in [2.05, 4.69) is 5.32 Å². The van der Waals surface area contributed by atoms with Gasteiger partial charge in [-0.1, -0.05) is 30.3 Å². The van der Waals surface area contributed by atoms with Crippen LogP contribution >= 0.6 is 0 Å². The van der Waals surface area contributed by atoms with Crippen LogP contribution in [-0.4, -0.2) is 41.1 Å². The Hall–Kier alpha value is -2.04. The summed E-state index contributed by atoms with van der Waals surface area (Å²) in [6, 6.07) is 9.40. The second-order valence-electron chi connectivity index (χ2n) is 4.33. The number of β-lactam (4-membered cyclic amide) rings is 1. The van der Waals surface area contributed by atoms with Crippen molar-refractivity contribution in [2.45, 2.75) is 18.9 Å². The summed E-state index contributed by atoms with van der Waals surface area (Å²) in [4.78, 5) is 23.5. The molecule has 96 valence electrons. The quantitative estimate of drug-likeness (QED) is 0.766. The number of amides is 2. The summed E-state index contributed by atoms with van der Waals surface area (Å²) >= 11 is 0. The number of hydrogen-bond acceptors (Lipinski definition) is 2. The summed E-state index contributed by atoms with van der Waals surface area (Å²) in [7, 11) is 0. The normalized spacial score (nSPS) is 17.8. The molecule has 5 heteroatoms. The molecule has 1 fully saturated rings. The number of nitrogens with one attached hydrogen (secondary N) is 1. The van der Waals surface area contributed by atoms with E-state index >= 15 is 0 Å². The van der Waals surface area contributed by atoms with E-state index in [0.29, 0.717) is 13.1 Å². The van der Waals surface area contributed by atoms with Gasteiger partial charge in [0.25, 0.3) is 0 Å². The summed E-state index contributed by atoms with van der Waals surface area (Å²) < 4.78 is 0. The lowest BCUT2D eigenvalue weighted by atomic mass is 10.1. The Balaban J connectivity index is 1.83. The van der Waals surface area contributed by atoms with Gasteiger partial charge in [-0.15, -0.1) is 0 Å². The molecule has 0 aromatic heterocycles. The average Bonchev–Trinajstić information content (AvgIpc) is 2.36. The Kier molecular flexibility index (Phi) is 3.82. The van der Waals surface area contributed by atoms with Crippen LogP contribution in [0.5, 0.6) is 0 Å². The van der Waals surface area contributed by atoms with Crippen molar-refractivity contribution >= 4 is 12.0 Å². The molecule has 0 aliphatic carbocycles. The minimum atomic E-state index is -1.03. The number of rotatable bonds is 5. The first-order valence-corrected chi connectivity index (χ1v) is 5.99. The molecule has 18 heavy (non-hydrogen) atoms. The lowest BCUT2D eigenvalue weighted by molar-refractivity contribution is -0.132. The van der Waals surface area contributed by atoms with Gasteiger partial charge in [0.2, 0.25) is 5.91 Å². The highest BCUT2D eigenvalue weighted by Gasteiger charge is 2.35. The smallest absolute Gasteiger partial charge is 0.408 e. The number of nitrogens with zero attached hydrogens (tertiary/aromatic N) is 1. The van der Waals surface area contributed by atoms with Crippen molar-refractivity contribution in [2.24, 2.45) is 0 Å². The van der Waals surface area contributed by atoms with E-state index in [0.717, 1.165) is 12.8 Å². The van der Waals surface area contributed by atoms with E-state index in [4.69, 9.17) is 5.11 Å². The maximum atomic E-state index is 11.2. The van der Waals surface area contributed by atoms with Crippen LogP contribution in [0.4, 0.5) is 4.79 Å². The van der Waals surface area contributed by atoms with E-state index in [1.165, 1.54) is 10.5 Å². The van der Waals surface area contributed by atoms with Crippen LogP contribution in [0.15, 0.2) is 30.3 Å². The van der Waals surface area contributed by atoms with Gasteiger partial charge in [0.15, 0.2) is 0 Å². The first-order valence-electron chi connectivity index (χ1n) is 5.99. The molecule has 5 nitrogen and oxygen atoms in total. The number of carbonyl (C=O) groups is 2. The molecule has 0 saturated carbocycles. The minimum Gasteiger partial charge on any atom is -0.465 e. The maximum absolute atomic E-state index is 11.2. The fraction of sp³-hybridized carbons (Fsp3) is 0.385. The van der Waals surface area contributed by atoms with E-state index in [1.54, 1.807) is 0 Å². The molecule has 1 saturated heterocycles. The second kappa shape index (κ2) is 5.53. The fourth-order valence-electron chi connectivity index (χ4n) is 2.01. The molecule has 1 atom stereocenters. The van der Waals surface area contributed by atoms with Gasteiger partial charge in [0.05, 0.1) is 0 Å². The van der Waals surface area contributed by atoms with Crippen LogP contribution in [-0.2, 0) is 11.2 Å². The molecule has 0 radical (unpaired) electrons. The first kappa shape index (κ1) is 12.4. The molecule has 2 amide bonds. The van der Waals surface area contributed by atoms with Gasteiger partial charge in [0.1, 0.15) is 6.04 Å². The van der Waals surface area contributed by atoms with Crippen LogP contribution in [0.3, 0.4) is 0 Å². The van der Waals surface area contributed by atoms with Gasteiger partial charge in [-0.05, 0) is 18.4 Å². The number of carbonyl (C=O) groups excluding carboxylic acids is 1. The number of carboxylic acid groups (broad SMARTS) is 1. The Morgan fingerprint density at radius 2 is 2.11 bits per heavy atom. The Morgan fingerprint density at radius 3 is 2.61 bits per heavy atom. The molecular formula is C13H16N2O3. The third kappa shape index (κ3) is 2.80. The molecule has 1 aliphatic rings. The van der Waals surface area contributed by atoms with Crippen molar-refractivity contribution < 1.29 is 14.7 Å². The van der Waals surface area contributed by atoms with Crippen LogP contribution in [0.1, 0.15) is 12.0 Å². The lowest BCUT2D eigenvalue weighted by Crippen LogP contribution is -2.63. The Labute approximate surface area is 105 Å². The van der Waals surface area contributed by atoms with E-state index in [9.17, 15) is 9.59 Å². The van der Waals surface area contributed by atoms with Gasteiger partial charge in [-0.2, -0.15) is 0 Å². The SMILES string of the molecule is O=C1NCC1N(CCCc1ccccc1)C(=O)O. The highest BCUT2D eigenvalue weighted by molar-refractivity contribution is 5.90. The first-order chi connectivity index (χ1) is 8.68. The molecule has 1 aliphatic heterocycles. The van der Waals surface area contributed by atoms with Gasteiger partial charge >= 0.3 is 6.09 Å². The average molecular weight is 248 g/mol. The van der Waals surface area contributed by atoms with Crippen molar-refractivity contribution in [1.82, 2.24) is 10.2 Å². The number of hydrogen-bond donors (Lipinski definition) is 2. The molecule has 2 rings (SSSR count). The van der Waals surface area contributed by atoms with Crippen molar-refractivity contribution in [3.63, 3.8) is 0 Å². The van der Waals surface area contributed by atoms with Gasteiger partial charge < -0.3 is 10.4 Å². The molecular weight excluding hydrogens is 232 g/mol. The summed E-state index contributed by atoms with van der Waals surface area (Å²) in [5.41, 5.74) is 1.18. The summed E-state index contributed by atoms with van der Waals surface area (Å²) in [6.07, 6.45) is 0.516. The Morgan fingerprint density at radius 1 is 1.39 bits per heavy atom. The van der Waals surface area contributed by atoms with Gasteiger partial charge in [-0.3, -0.25) is 9.69 Å². The molecule has 1 aromatic carbocycles. The number of benzene rings is 1. The van der Waals surface area contributed by atoms with Crippen molar-refractivity contribution in [2.75, 3.05) is 13.1 Å². The van der Waals surface area contributed by atoms with Gasteiger partial charge in [0, 0.05) is 13.1 Å². The molecule has 1 aromatic rings. The van der Waals surface area contributed by atoms with Crippen LogP contribution < -0.4 is 5.32 Å². The van der Waals surface area contributed by atoms with E-state index in [-0.39, 0.29) is 5.91 Å². The minimum absolute atomic E-state index is 0.197. The highest BCUT2D eigenvalue weighted by Crippen LogP contribution is 2.10. The molecule has 0 spiro atoms. The Bertz CT molecular complexity index is 433. The van der Waals surface area contributed by atoms with Crippen molar-refractivity contribution in [3.05, 3.63) is 35.9 Å². The molecule has 1 unspecified atom stereocenters. The third-order valence-electron chi connectivity index (χ3n) is 3.10.